The molecule has 2 amide bonds. The van der Waals surface area contributed by atoms with E-state index in [9.17, 15) is 9.59 Å². The lowest BCUT2D eigenvalue weighted by Crippen LogP contribution is -2.62. The van der Waals surface area contributed by atoms with Gasteiger partial charge in [0.05, 0.1) is 13.1 Å². The molecule has 2 aliphatic heterocycles. The van der Waals surface area contributed by atoms with Crippen molar-refractivity contribution in [3.8, 4) is 0 Å². The normalized spacial score (nSPS) is 18.8. The van der Waals surface area contributed by atoms with Crippen molar-refractivity contribution in [3.63, 3.8) is 0 Å². The van der Waals surface area contributed by atoms with Crippen molar-refractivity contribution in [1.29, 1.82) is 0 Å². The molecule has 1 N–H and O–H groups in total. The zero-order valence-electron chi connectivity index (χ0n) is 17.2. The predicted octanol–water partition coefficient (Wildman–Crippen LogP) is 2.40. The highest BCUT2D eigenvalue weighted by atomic mass is 16.2. The Hall–Kier alpha value is -3.12. The van der Waals surface area contributed by atoms with Gasteiger partial charge in [-0.2, -0.15) is 0 Å². The van der Waals surface area contributed by atoms with Crippen LogP contribution in [0.15, 0.2) is 54.6 Å². The Morgan fingerprint density at radius 2 is 1.80 bits per heavy atom. The Bertz CT molecular complexity index is 1090. The first-order chi connectivity index (χ1) is 14.6. The number of nitrogens with zero attached hydrogens (tertiary/aromatic N) is 3. The van der Waals surface area contributed by atoms with Gasteiger partial charge in [0.1, 0.15) is 6.04 Å². The van der Waals surface area contributed by atoms with E-state index in [2.05, 4.69) is 28.1 Å². The summed E-state index contributed by atoms with van der Waals surface area (Å²) in [5.74, 6) is 0.105. The molecule has 30 heavy (non-hydrogen) atoms. The minimum absolute atomic E-state index is 0.0367. The fourth-order valence-electron chi connectivity index (χ4n) is 4.69. The number of rotatable bonds is 5. The summed E-state index contributed by atoms with van der Waals surface area (Å²) in [5.41, 5.74) is 4.55. The maximum Gasteiger partial charge on any atom is 0.246 e. The minimum atomic E-state index is -0.391. The topological polar surface area (TPSA) is 59.6 Å². The van der Waals surface area contributed by atoms with Crippen LogP contribution >= 0.6 is 0 Å². The van der Waals surface area contributed by atoms with Gasteiger partial charge in [0.15, 0.2) is 0 Å². The summed E-state index contributed by atoms with van der Waals surface area (Å²) < 4.78 is 0. The highest BCUT2D eigenvalue weighted by molar-refractivity contribution is 5.96. The van der Waals surface area contributed by atoms with Crippen LogP contribution in [-0.2, 0) is 29.1 Å². The summed E-state index contributed by atoms with van der Waals surface area (Å²) in [5, 5.41) is 1.16. The molecular weight excluding hydrogens is 376 g/mol. The number of amides is 2. The van der Waals surface area contributed by atoms with Crippen molar-refractivity contribution < 1.29 is 9.59 Å². The van der Waals surface area contributed by atoms with E-state index in [1.165, 1.54) is 11.1 Å². The number of fused-ring (bicyclic) bond motifs is 4. The second-order valence-electron chi connectivity index (χ2n) is 8.35. The van der Waals surface area contributed by atoms with Crippen molar-refractivity contribution in [2.24, 2.45) is 0 Å². The number of piperazine rings is 1. The summed E-state index contributed by atoms with van der Waals surface area (Å²) in [6.07, 6.45) is 0.584. The van der Waals surface area contributed by atoms with Crippen LogP contribution in [0.4, 0.5) is 0 Å². The smallest absolute Gasteiger partial charge is 0.246 e. The van der Waals surface area contributed by atoms with Gasteiger partial charge in [-0.15, -0.1) is 0 Å². The van der Waals surface area contributed by atoms with E-state index in [-0.39, 0.29) is 18.4 Å². The van der Waals surface area contributed by atoms with Gasteiger partial charge >= 0.3 is 0 Å². The van der Waals surface area contributed by atoms with Crippen LogP contribution in [0.5, 0.6) is 0 Å². The highest BCUT2D eigenvalue weighted by Gasteiger charge is 2.42. The number of aromatic amines is 1. The third-order valence-corrected chi connectivity index (χ3v) is 6.29. The fraction of sp³-hybridized carbons (Fsp3) is 0.333. The maximum absolute atomic E-state index is 13.2. The van der Waals surface area contributed by atoms with E-state index < -0.39 is 6.04 Å². The lowest BCUT2D eigenvalue weighted by molar-refractivity contribution is -0.157. The molecule has 2 aliphatic rings. The molecule has 2 aromatic carbocycles. The monoisotopic (exact) mass is 402 g/mol. The maximum atomic E-state index is 13.2. The van der Waals surface area contributed by atoms with Crippen LogP contribution in [0, 0.1) is 0 Å². The number of aromatic nitrogens is 1. The second kappa shape index (κ2) is 7.61. The van der Waals surface area contributed by atoms with E-state index >= 15 is 0 Å². The van der Waals surface area contributed by atoms with E-state index in [1.807, 2.05) is 43.4 Å². The van der Waals surface area contributed by atoms with E-state index in [0.29, 0.717) is 19.5 Å². The molecule has 0 radical (unpaired) electrons. The quantitative estimate of drug-likeness (QED) is 0.713. The Balaban J connectivity index is 1.29. The zero-order valence-corrected chi connectivity index (χ0v) is 17.2. The van der Waals surface area contributed by atoms with Crippen molar-refractivity contribution in [3.05, 3.63) is 71.4 Å². The largest absolute Gasteiger partial charge is 0.357 e. The van der Waals surface area contributed by atoms with Crippen LogP contribution in [0.25, 0.3) is 10.9 Å². The molecule has 6 heteroatoms. The Kier molecular flexibility index (Phi) is 4.79. The van der Waals surface area contributed by atoms with Gasteiger partial charge in [0.25, 0.3) is 0 Å². The van der Waals surface area contributed by atoms with Crippen molar-refractivity contribution >= 4 is 22.7 Å². The van der Waals surface area contributed by atoms with Gasteiger partial charge in [0.2, 0.25) is 11.8 Å². The number of carbonyl (C=O) groups excluding carboxylic acids is 2. The number of nitrogens with one attached hydrogen (secondary N) is 1. The Morgan fingerprint density at radius 1 is 1.03 bits per heavy atom. The standard InChI is InChI=1S/C24H26N4O2/c1-26(14-17-7-3-2-4-8-17)11-12-27-16-23(29)28-15-21-19(13-22(28)24(27)30)18-9-5-6-10-20(18)25-21/h2-10,22,25H,11-16H2,1H3/t22-/m1/s1. The Morgan fingerprint density at radius 3 is 2.63 bits per heavy atom. The second-order valence-corrected chi connectivity index (χ2v) is 8.35. The fourth-order valence-corrected chi connectivity index (χ4v) is 4.69. The molecule has 0 bridgehead atoms. The molecule has 0 saturated carbocycles. The molecule has 3 aromatic rings. The first-order valence-electron chi connectivity index (χ1n) is 10.5. The number of benzene rings is 2. The van der Waals surface area contributed by atoms with Gasteiger partial charge < -0.3 is 19.7 Å². The molecule has 3 heterocycles. The lowest BCUT2D eigenvalue weighted by Gasteiger charge is -2.43. The predicted molar refractivity (Wildman–Crippen MR) is 116 cm³/mol. The molecule has 154 valence electrons. The van der Waals surface area contributed by atoms with Crippen molar-refractivity contribution in [2.75, 3.05) is 26.7 Å². The third kappa shape index (κ3) is 3.37. The molecule has 0 spiro atoms. The summed E-state index contributed by atoms with van der Waals surface area (Å²) in [6, 6.07) is 18.0. The zero-order chi connectivity index (χ0) is 20.7. The molecular formula is C24H26N4O2. The molecule has 0 aliphatic carbocycles. The van der Waals surface area contributed by atoms with E-state index in [4.69, 9.17) is 0 Å². The SMILES string of the molecule is CN(CCN1CC(=O)N2Cc3[nH]c4ccccc4c3C[C@@H]2C1=O)Cc1ccccc1. The first-order valence-corrected chi connectivity index (χ1v) is 10.5. The number of carbonyl (C=O) groups is 2. The molecule has 6 nitrogen and oxygen atoms in total. The third-order valence-electron chi connectivity index (χ3n) is 6.29. The van der Waals surface area contributed by atoms with Gasteiger partial charge in [0, 0.05) is 42.7 Å². The summed E-state index contributed by atoms with van der Waals surface area (Å²) in [7, 11) is 2.05. The van der Waals surface area contributed by atoms with E-state index in [0.717, 1.165) is 29.7 Å². The average Bonchev–Trinajstić information content (AvgIpc) is 3.12. The van der Waals surface area contributed by atoms with Crippen LogP contribution in [-0.4, -0.2) is 64.2 Å². The number of hydrogen-bond acceptors (Lipinski definition) is 3. The molecule has 1 aromatic heterocycles. The van der Waals surface area contributed by atoms with Crippen LogP contribution in [0.2, 0.25) is 0 Å². The molecule has 5 rings (SSSR count). The highest BCUT2D eigenvalue weighted by Crippen LogP contribution is 2.32. The van der Waals surface area contributed by atoms with Crippen molar-refractivity contribution in [2.45, 2.75) is 25.6 Å². The first kappa shape index (κ1) is 18.9. The van der Waals surface area contributed by atoms with Gasteiger partial charge in [-0.1, -0.05) is 48.5 Å². The summed E-state index contributed by atoms with van der Waals surface area (Å²) >= 11 is 0. The number of para-hydroxylation sites is 1. The summed E-state index contributed by atoms with van der Waals surface area (Å²) in [6.45, 7) is 2.79. The molecule has 1 saturated heterocycles. The number of H-pyrrole nitrogens is 1. The summed E-state index contributed by atoms with van der Waals surface area (Å²) in [4.78, 5) is 35.2. The Labute approximate surface area is 176 Å². The molecule has 0 unspecified atom stereocenters. The van der Waals surface area contributed by atoms with Crippen LogP contribution in [0.1, 0.15) is 16.8 Å². The van der Waals surface area contributed by atoms with Gasteiger partial charge in [-0.25, -0.2) is 0 Å². The number of likely N-dealkylation sites (N-methyl/N-ethyl adjacent to an activating group) is 1. The van der Waals surface area contributed by atoms with Crippen molar-refractivity contribution in [1.82, 2.24) is 19.7 Å². The molecule has 1 fully saturated rings. The lowest BCUT2D eigenvalue weighted by atomic mass is 9.94. The van der Waals surface area contributed by atoms with Crippen LogP contribution in [0.3, 0.4) is 0 Å². The van der Waals surface area contributed by atoms with Gasteiger partial charge in [-0.05, 0) is 24.2 Å². The minimum Gasteiger partial charge on any atom is -0.357 e. The number of hydrogen-bond donors (Lipinski definition) is 1. The molecule has 1 atom stereocenters. The van der Waals surface area contributed by atoms with E-state index in [1.54, 1.807) is 9.80 Å². The van der Waals surface area contributed by atoms with Crippen LogP contribution < -0.4 is 0 Å². The average molecular weight is 402 g/mol. The van der Waals surface area contributed by atoms with Gasteiger partial charge in [-0.3, -0.25) is 9.59 Å².